The van der Waals surface area contributed by atoms with E-state index in [0.717, 1.165) is 10.6 Å². The van der Waals surface area contributed by atoms with Crippen molar-refractivity contribution in [3.63, 3.8) is 0 Å². The molecule has 0 fully saturated rings. The molecule has 0 amide bonds. The summed E-state index contributed by atoms with van der Waals surface area (Å²) < 4.78 is 1.85. The molecule has 6 heteroatoms. The van der Waals surface area contributed by atoms with Crippen LogP contribution in [0.1, 0.15) is 35.7 Å². The zero-order valence-electron chi connectivity index (χ0n) is 11.2. The van der Waals surface area contributed by atoms with Gasteiger partial charge in [-0.05, 0) is 31.0 Å². The predicted octanol–water partition coefficient (Wildman–Crippen LogP) is 2.93. The number of Topliss-reactive ketones (excluding diaryl/α,β-unsaturated/α-hetero) is 1. The Balaban J connectivity index is 2.30. The van der Waals surface area contributed by atoms with Crippen LogP contribution in [0.25, 0.3) is 5.76 Å². The van der Waals surface area contributed by atoms with Gasteiger partial charge in [-0.25, -0.2) is 0 Å². The van der Waals surface area contributed by atoms with Crippen LogP contribution in [0.4, 0.5) is 0 Å². The van der Waals surface area contributed by atoms with Crippen molar-refractivity contribution in [2.45, 2.75) is 24.7 Å². The van der Waals surface area contributed by atoms with Gasteiger partial charge in [0.2, 0.25) is 0 Å². The largest absolute Gasteiger partial charge is 0.505 e. The van der Waals surface area contributed by atoms with Gasteiger partial charge in [0.15, 0.2) is 5.78 Å². The highest BCUT2D eigenvalue weighted by Gasteiger charge is 2.22. The lowest BCUT2D eigenvalue weighted by molar-refractivity contribution is -0.136. The zero-order chi connectivity index (χ0) is 14.9. The van der Waals surface area contributed by atoms with Crippen molar-refractivity contribution in [2.24, 2.45) is 0 Å². The Bertz CT molecular complexity index is 609. The molecule has 1 aromatic carbocycles. The molecule has 0 saturated heterocycles. The molecule has 2 rings (SSSR count). The molecule has 0 bridgehead atoms. The number of carboxylic acids is 1. The molecule has 0 unspecified atom stereocenters. The Hall–Kier alpha value is -1.95. The van der Waals surface area contributed by atoms with Crippen LogP contribution in [-0.4, -0.2) is 33.3 Å². The van der Waals surface area contributed by atoms with Gasteiger partial charge in [-0.3, -0.25) is 9.59 Å². The van der Waals surface area contributed by atoms with Crippen LogP contribution in [0.2, 0.25) is 0 Å². The number of aliphatic hydroxyl groups is 1. The van der Waals surface area contributed by atoms with Crippen molar-refractivity contribution in [3.8, 4) is 0 Å². The number of aliphatic hydroxyl groups excluding tert-OH is 1. The second-order valence-corrected chi connectivity index (χ2v) is 5.72. The number of carbonyl (C=O) groups is 2. The fourth-order valence-electron chi connectivity index (χ4n) is 1.89. The zero-order valence-corrected chi connectivity index (χ0v) is 12.0. The Morgan fingerprint density at radius 1 is 1.30 bits per heavy atom. The smallest absolute Gasteiger partial charge is 0.303 e. The minimum Gasteiger partial charge on any atom is -0.505 e. The van der Waals surface area contributed by atoms with E-state index in [1.165, 1.54) is 11.9 Å². The lowest BCUT2D eigenvalue weighted by Crippen LogP contribution is -2.14. The molecule has 2 N–H and O–H groups in total. The van der Waals surface area contributed by atoms with Gasteiger partial charge >= 0.3 is 5.97 Å². The number of aliphatic carboxylic acids is 1. The summed E-state index contributed by atoms with van der Waals surface area (Å²) in [6.45, 7) is 1.80. The minimum absolute atomic E-state index is 0.0371. The van der Waals surface area contributed by atoms with Crippen molar-refractivity contribution in [3.05, 3.63) is 35.0 Å². The van der Waals surface area contributed by atoms with E-state index in [-0.39, 0.29) is 24.4 Å². The number of fused-ring (bicyclic) bond motifs is 1. The van der Waals surface area contributed by atoms with E-state index in [1.807, 2.05) is 11.4 Å². The second-order valence-electron chi connectivity index (χ2n) is 4.55. The molecule has 20 heavy (non-hydrogen) atoms. The number of rotatable bonds is 4. The number of hydrogen-bond acceptors (Lipinski definition) is 5. The predicted molar refractivity (Wildman–Crippen MR) is 76.5 cm³/mol. The summed E-state index contributed by atoms with van der Waals surface area (Å²) in [5.74, 6) is -1.08. The van der Waals surface area contributed by atoms with Gasteiger partial charge in [-0.2, -0.15) is 0 Å². The first kappa shape index (κ1) is 14.5. The maximum absolute atomic E-state index is 11.9. The third kappa shape index (κ3) is 2.80. The van der Waals surface area contributed by atoms with Gasteiger partial charge in [0, 0.05) is 29.5 Å². The number of carbonyl (C=O) groups excluding carboxylic acids is 1. The third-order valence-corrected chi connectivity index (χ3v) is 4.27. The van der Waals surface area contributed by atoms with E-state index in [9.17, 15) is 14.7 Å². The van der Waals surface area contributed by atoms with Crippen LogP contribution < -0.4 is 0 Å². The molecule has 106 valence electrons. The van der Waals surface area contributed by atoms with Crippen molar-refractivity contribution in [2.75, 3.05) is 7.05 Å². The lowest BCUT2D eigenvalue weighted by atomic mass is 10.0. The monoisotopic (exact) mass is 293 g/mol. The Morgan fingerprint density at radius 2 is 2.00 bits per heavy atom. The van der Waals surface area contributed by atoms with Gasteiger partial charge in [-0.15, -0.1) is 0 Å². The lowest BCUT2D eigenvalue weighted by Gasteiger charge is -2.26. The number of allylic oxidation sites excluding steroid dienone is 1. The molecular weight excluding hydrogens is 278 g/mol. The summed E-state index contributed by atoms with van der Waals surface area (Å²) in [4.78, 5) is 23.3. The fourth-order valence-corrected chi connectivity index (χ4v) is 2.79. The van der Waals surface area contributed by atoms with E-state index in [1.54, 1.807) is 25.1 Å². The first-order valence-corrected chi connectivity index (χ1v) is 6.88. The molecule has 1 aromatic rings. The molecule has 0 spiro atoms. The van der Waals surface area contributed by atoms with Gasteiger partial charge in [0.1, 0.15) is 5.76 Å². The average molecular weight is 293 g/mol. The number of carboxylic acid groups (broad SMARTS) is 1. The normalized spacial score (nSPS) is 14.2. The minimum atomic E-state index is -0.993. The van der Waals surface area contributed by atoms with Gasteiger partial charge in [0.25, 0.3) is 0 Å². The highest BCUT2D eigenvalue weighted by Crippen LogP contribution is 2.38. The van der Waals surface area contributed by atoms with E-state index in [0.29, 0.717) is 11.1 Å². The van der Waals surface area contributed by atoms with Crippen molar-refractivity contribution < 1.29 is 19.8 Å². The van der Waals surface area contributed by atoms with Crippen molar-refractivity contribution in [1.82, 2.24) is 4.31 Å². The van der Waals surface area contributed by atoms with Crippen molar-refractivity contribution >= 4 is 29.5 Å². The van der Waals surface area contributed by atoms with Crippen LogP contribution in [0.5, 0.6) is 0 Å². The van der Waals surface area contributed by atoms with Crippen LogP contribution in [0.3, 0.4) is 0 Å². The topological polar surface area (TPSA) is 77.8 Å². The molecule has 1 aliphatic rings. The maximum atomic E-state index is 11.9. The molecule has 0 radical (unpaired) electrons. The van der Waals surface area contributed by atoms with Crippen LogP contribution in [-0.2, 0) is 4.79 Å². The van der Waals surface area contributed by atoms with E-state index < -0.39 is 5.97 Å². The first-order chi connectivity index (χ1) is 9.40. The van der Waals surface area contributed by atoms with Gasteiger partial charge in [0.05, 0.1) is 12.1 Å². The summed E-state index contributed by atoms with van der Waals surface area (Å²) in [6.07, 6.45) is -0.223. The number of benzene rings is 1. The Kier molecular flexibility index (Phi) is 4.04. The fraction of sp³-hybridized carbons (Fsp3) is 0.286. The van der Waals surface area contributed by atoms with Crippen LogP contribution >= 0.6 is 11.9 Å². The van der Waals surface area contributed by atoms with E-state index >= 15 is 0 Å². The van der Waals surface area contributed by atoms with Crippen molar-refractivity contribution in [1.29, 1.82) is 0 Å². The number of nitrogens with zero attached hydrogens (tertiary/aromatic N) is 1. The Morgan fingerprint density at radius 3 is 2.65 bits per heavy atom. The quantitative estimate of drug-likeness (QED) is 0.656. The van der Waals surface area contributed by atoms with Crippen LogP contribution in [0, 0.1) is 0 Å². The first-order valence-electron chi connectivity index (χ1n) is 6.11. The summed E-state index contributed by atoms with van der Waals surface area (Å²) in [7, 11) is 1.85. The third-order valence-electron chi connectivity index (χ3n) is 3.17. The standard InChI is InChI=1S/C14H15NO4S/c1-8-14(19)10-7-9(11(16)4-6-13(17)18)3-5-12(10)20-15(8)2/h3,5,7,19H,4,6H2,1-2H3,(H,17,18). The molecular formula is C14H15NO4S. The molecule has 0 saturated carbocycles. The molecule has 1 heterocycles. The number of hydrogen-bond donors (Lipinski definition) is 2. The number of ketones is 1. The summed E-state index contributed by atoms with van der Waals surface area (Å²) in [5, 5.41) is 18.7. The summed E-state index contributed by atoms with van der Waals surface area (Å²) >= 11 is 1.47. The molecule has 0 aromatic heterocycles. The highest BCUT2D eigenvalue weighted by molar-refractivity contribution is 7.97. The molecule has 0 atom stereocenters. The van der Waals surface area contributed by atoms with E-state index in [2.05, 4.69) is 0 Å². The van der Waals surface area contributed by atoms with E-state index in [4.69, 9.17) is 5.11 Å². The summed E-state index contributed by atoms with van der Waals surface area (Å²) in [5.41, 5.74) is 1.76. The maximum Gasteiger partial charge on any atom is 0.303 e. The average Bonchev–Trinajstić information content (AvgIpc) is 2.42. The van der Waals surface area contributed by atoms with Gasteiger partial charge in [-0.1, -0.05) is 6.07 Å². The molecule has 0 aliphatic carbocycles. The highest BCUT2D eigenvalue weighted by atomic mass is 32.2. The Labute approximate surface area is 121 Å². The van der Waals surface area contributed by atoms with Crippen LogP contribution in [0.15, 0.2) is 28.8 Å². The van der Waals surface area contributed by atoms with Gasteiger partial charge < -0.3 is 14.5 Å². The summed E-state index contributed by atoms with van der Waals surface area (Å²) in [6, 6.07) is 5.06. The molecule has 1 aliphatic heterocycles. The second kappa shape index (κ2) is 5.58. The SMILES string of the molecule is CC1=C(O)c2cc(C(=O)CCC(=O)O)ccc2SN1C. The molecule has 5 nitrogen and oxygen atoms in total.